The van der Waals surface area contributed by atoms with Crippen molar-refractivity contribution < 1.29 is 4.74 Å². The van der Waals surface area contributed by atoms with E-state index in [0.29, 0.717) is 18.2 Å². The van der Waals surface area contributed by atoms with Crippen molar-refractivity contribution in [3.05, 3.63) is 0 Å². The standard InChI is InChI=1S/C14H29N3O/c1-11(12(2)18-3)17-9-6-14(10-17)16-7-4-13(15)5-8-16/h11-14H,4-10,15H2,1-3H3. The van der Waals surface area contributed by atoms with Crippen LogP contribution in [-0.4, -0.2) is 67.3 Å². The molecule has 0 radical (unpaired) electrons. The first-order valence-electron chi connectivity index (χ1n) is 7.38. The van der Waals surface area contributed by atoms with Crippen LogP contribution in [0.2, 0.25) is 0 Å². The van der Waals surface area contributed by atoms with Gasteiger partial charge in [-0.1, -0.05) is 0 Å². The Balaban J connectivity index is 1.81. The second kappa shape index (κ2) is 6.33. The van der Waals surface area contributed by atoms with Gasteiger partial charge in [-0.2, -0.15) is 0 Å². The molecular weight excluding hydrogens is 226 g/mol. The first-order chi connectivity index (χ1) is 8.61. The maximum atomic E-state index is 5.98. The Hall–Kier alpha value is -0.160. The van der Waals surface area contributed by atoms with Crippen molar-refractivity contribution in [1.29, 1.82) is 0 Å². The fourth-order valence-corrected chi connectivity index (χ4v) is 3.21. The van der Waals surface area contributed by atoms with Gasteiger partial charge in [0.1, 0.15) is 0 Å². The zero-order valence-corrected chi connectivity index (χ0v) is 12.1. The van der Waals surface area contributed by atoms with Gasteiger partial charge in [0.15, 0.2) is 0 Å². The van der Waals surface area contributed by atoms with E-state index in [4.69, 9.17) is 10.5 Å². The van der Waals surface area contributed by atoms with Gasteiger partial charge >= 0.3 is 0 Å². The molecule has 2 saturated heterocycles. The molecule has 106 valence electrons. The molecule has 4 heteroatoms. The third-order valence-electron chi connectivity index (χ3n) is 4.91. The van der Waals surface area contributed by atoms with Crippen LogP contribution in [-0.2, 0) is 4.74 Å². The van der Waals surface area contributed by atoms with Gasteiger partial charge in [0.25, 0.3) is 0 Å². The summed E-state index contributed by atoms with van der Waals surface area (Å²) in [5, 5.41) is 0. The molecular formula is C14H29N3O. The highest BCUT2D eigenvalue weighted by Gasteiger charge is 2.33. The molecule has 2 rings (SSSR count). The number of piperidine rings is 1. The highest BCUT2D eigenvalue weighted by Crippen LogP contribution is 2.22. The van der Waals surface area contributed by atoms with E-state index < -0.39 is 0 Å². The van der Waals surface area contributed by atoms with Crippen LogP contribution in [0.1, 0.15) is 33.1 Å². The number of ether oxygens (including phenoxy) is 1. The second-order valence-corrected chi connectivity index (χ2v) is 5.99. The first kappa shape index (κ1) is 14.3. The van der Waals surface area contributed by atoms with E-state index in [2.05, 4.69) is 23.6 Å². The maximum Gasteiger partial charge on any atom is 0.0695 e. The number of rotatable bonds is 4. The number of hydrogen-bond donors (Lipinski definition) is 1. The van der Waals surface area contributed by atoms with Crippen LogP contribution in [0.4, 0.5) is 0 Å². The van der Waals surface area contributed by atoms with Gasteiger partial charge in [-0.15, -0.1) is 0 Å². The molecule has 2 fully saturated rings. The van der Waals surface area contributed by atoms with Gasteiger partial charge in [0.05, 0.1) is 6.10 Å². The Bertz CT molecular complexity index is 253. The van der Waals surface area contributed by atoms with Crippen LogP contribution in [0.3, 0.4) is 0 Å². The number of hydrogen-bond acceptors (Lipinski definition) is 4. The zero-order valence-electron chi connectivity index (χ0n) is 12.1. The number of nitrogens with two attached hydrogens (primary N) is 1. The Labute approximate surface area is 111 Å². The SMILES string of the molecule is COC(C)C(C)N1CCC(N2CCC(N)CC2)C1. The lowest BCUT2D eigenvalue weighted by atomic mass is 10.0. The summed E-state index contributed by atoms with van der Waals surface area (Å²) in [5.74, 6) is 0. The molecule has 0 saturated carbocycles. The summed E-state index contributed by atoms with van der Waals surface area (Å²) in [6, 6.07) is 1.70. The zero-order chi connectivity index (χ0) is 13.1. The van der Waals surface area contributed by atoms with Gasteiger partial charge in [-0.25, -0.2) is 0 Å². The molecule has 0 aromatic carbocycles. The lowest BCUT2D eigenvalue weighted by Gasteiger charge is -2.35. The Morgan fingerprint density at radius 3 is 2.39 bits per heavy atom. The van der Waals surface area contributed by atoms with Gasteiger partial charge < -0.3 is 10.5 Å². The summed E-state index contributed by atoms with van der Waals surface area (Å²) < 4.78 is 5.45. The van der Waals surface area contributed by atoms with Crippen molar-refractivity contribution in [3.8, 4) is 0 Å². The smallest absolute Gasteiger partial charge is 0.0695 e. The van der Waals surface area contributed by atoms with Crippen molar-refractivity contribution in [2.24, 2.45) is 5.73 Å². The third kappa shape index (κ3) is 3.23. The largest absolute Gasteiger partial charge is 0.380 e. The van der Waals surface area contributed by atoms with Crippen molar-refractivity contribution in [1.82, 2.24) is 9.80 Å². The lowest BCUT2D eigenvalue weighted by Crippen LogP contribution is -2.47. The van der Waals surface area contributed by atoms with E-state index in [9.17, 15) is 0 Å². The molecule has 2 N–H and O–H groups in total. The molecule has 0 bridgehead atoms. The van der Waals surface area contributed by atoms with E-state index in [0.717, 1.165) is 6.04 Å². The number of methoxy groups -OCH3 is 1. The van der Waals surface area contributed by atoms with Gasteiger partial charge in [-0.05, 0) is 46.2 Å². The molecule has 18 heavy (non-hydrogen) atoms. The van der Waals surface area contributed by atoms with Crippen molar-refractivity contribution in [2.45, 2.75) is 57.3 Å². The van der Waals surface area contributed by atoms with Crippen LogP contribution < -0.4 is 5.73 Å². The van der Waals surface area contributed by atoms with E-state index in [1.165, 1.54) is 45.4 Å². The minimum atomic E-state index is 0.318. The quantitative estimate of drug-likeness (QED) is 0.811. The monoisotopic (exact) mass is 255 g/mol. The Morgan fingerprint density at radius 1 is 1.11 bits per heavy atom. The first-order valence-corrected chi connectivity index (χ1v) is 7.38. The Kier molecular flexibility index (Phi) is 5.01. The van der Waals surface area contributed by atoms with Crippen LogP contribution in [0.25, 0.3) is 0 Å². The average molecular weight is 255 g/mol. The number of nitrogens with zero attached hydrogens (tertiary/aromatic N) is 2. The summed E-state index contributed by atoms with van der Waals surface area (Å²) in [4.78, 5) is 5.22. The fraction of sp³-hybridized carbons (Fsp3) is 1.00. The summed E-state index contributed by atoms with van der Waals surface area (Å²) in [6.45, 7) is 9.23. The van der Waals surface area contributed by atoms with Crippen LogP contribution in [0.15, 0.2) is 0 Å². The predicted molar refractivity (Wildman–Crippen MR) is 74.7 cm³/mol. The highest BCUT2D eigenvalue weighted by atomic mass is 16.5. The topological polar surface area (TPSA) is 41.7 Å². The fourth-order valence-electron chi connectivity index (χ4n) is 3.21. The molecule has 4 nitrogen and oxygen atoms in total. The van der Waals surface area contributed by atoms with E-state index >= 15 is 0 Å². The predicted octanol–water partition coefficient (Wildman–Crippen LogP) is 0.907. The summed E-state index contributed by atoms with van der Waals surface area (Å²) >= 11 is 0. The van der Waals surface area contributed by atoms with Crippen molar-refractivity contribution >= 4 is 0 Å². The van der Waals surface area contributed by atoms with E-state index in [1.807, 2.05) is 0 Å². The van der Waals surface area contributed by atoms with Gasteiger partial charge in [0, 0.05) is 38.3 Å². The average Bonchev–Trinajstić information content (AvgIpc) is 2.87. The van der Waals surface area contributed by atoms with Gasteiger partial charge in [0.2, 0.25) is 0 Å². The molecule has 0 aromatic rings. The second-order valence-electron chi connectivity index (χ2n) is 5.99. The molecule has 0 spiro atoms. The molecule has 3 atom stereocenters. The molecule has 0 aromatic heterocycles. The molecule has 2 heterocycles. The number of likely N-dealkylation sites (tertiary alicyclic amines) is 2. The molecule has 2 aliphatic heterocycles. The maximum absolute atomic E-state index is 5.98. The van der Waals surface area contributed by atoms with E-state index in [1.54, 1.807) is 7.11 Å². The van der Waals surface area contributed by atoms with Gasteiger partial charge in [-0.3, -0.25) is 9.80 Å². The van der Waals surface area contributed by atoms with Crippen LogP contribution >= 0.6 is 0 Å². The third-order valence-corrected chi connectivity index (χ3v) is 4.91. The highest BCUT2D eigenvalue weighted by molar-refractivity contribution is 4.89. The molecule has 0 amide bonds. The minimum Gasteiger partial charge on any atom is -0.380 e. The normalized spacial score (nSPS) is 31.7. The van der Waals surface area contributed by atoms with E-state index in [-0.39, 0.29) is 0 Å². The van der Waals surface area contributed by atoms with Crippen LogP contribution in [0, 0.1) is 0 Å². The molecule has 0 aliphatic carbocycles. The van der Waals surface area contributed by atoms with Crippen molar-refractivity contribution in [2.75, 3.05) is 33.3 Å². The summed E-state index contributed by atoms with van der Waals surface area (Å²) in [7, 11) is 1.81. The molecule has 3 unspecified atom stereocenters. The minimum absolute atomic E-state index is 0.318. The lowest BCUT2D eigenvalue weighted by molar-refractivity contribution is 0.0388. The van der Waals surface area contributed by atoms with Crippen molar-refractivity contribution in [3.63, 3.8) is 0 Å². The molecule has 2 aliphatic rings. The summed E-state index contributed by atoms with van der Waals surface area (Å²) in [6.07, 6.45) is 3.95. The Morgan fingerprint density at radius 2 is 1.78 bits per heavy atom. The summed E-state index contributed by atoms with van der Waals surface area (Å²) in [5.41, 5.74) is 5.98. The van der Waals surface area contributed by atoms with Crippen LogP contribution in [0.5, 0.6) is 0 Å².